The number of hydrogen-bond donors (Lipinski definition) is 0. The Labute approximate surface area is 231 Å². The molecule has 1 aliphatic rings. The van der Waals surface area contributed by atoms with Crippen molar-refractivity contribution in [2.75, 3.05) is 71.0 Å². The van der Waals surface area contributed by atoms with Gasteiger partial charge in [0.1, 0.15) is 26.2 Å². The molecule has 0 aromatic carbocycles. The van der Waals surface area contributed by atoms with Gasteiger partial charge in [-0.05, 0) is 26.2 Å². The third-order valence-corrected chi connectivity index (χ3v) is 9.28. The van der Waals surface area contributed by atoms with Gasteiger partial charge >= 0.3 is 5.97 Å². The smallest absolute Gasteiger partial charge is 0.333 e. The minimum absolute atomic E-state index is 0.324. The fraction of sp³-hybridized carbons (Fsp3) is 0.885. The van der Waals surface area contributed by atoms with Gasteiger partial charge in [0.15, 0.2) is 0 Å². The van der Waals surface area contributed by atoms with E-state index < -0.39 is 20.2 Å². The van der Waals surface area contributed by atoms with Crippen LogP contribution < -0.4 is 0 Å². The average Bonchev–Trinajstić information content (AvgIpc) is 2.80. The number of esters is 1. The molecule has 10 nitrogen and oxygen atoms in total. The molecule has 0 radical (unpaired) electrons. The van der Waals surface area contributed by atoms with Crippen molar-refractivity contribution in [3.05, 3.63) is 12.2 Å². The van der Waals surface area contributed by atoms with Crippen molar-refractivity contribution in [2.24, 2.45) is 0 Å². The van der Waals surface area contributed by atoms with Crippen LogP contribution in [0.2, 0.25) is 0 Å². The van der Waals surface area contributed by atoms with E-state index in [0.29, 0.717) is 42.6 Å². The Morgan fingerprint density at radius 2 is 1.13 bits per heavy atom. The van der Waals surface area contributed by atoms with Gasteiger partial charge in [-0.1, -0.05) is 45.1 Å². The number of carbonyl (C=O) groups is 1. The van der Waals surface area contributed by atoms with Gasteiger partial charge in [-0.25, -0.2) is 21.6 Å². The van der Waals surface area contributed by atoms with E-state index in [2.05, 4.69) is 13.6 Å². The summed E-state index contributed by atoms with van der Waals surface area (Å²) in [5.41, 5.74) is 0.429. The zero-order valence-electron chi connectivity index (χ0n) is 23.5. The Balaban J connectivity index is 2.33. The second kappa shape index (κ2) is 16.9. The van der Waals surface area contributed by atoms with Gasteiger partial charge in [-0.3, -0.25) is 0 Å². The van der Waals surface area contributed by atoms with E-state index in [4.69, 9.17) is 4.74 Å². The summed E-state index contributed by atoms with van der Waals surface area (Å²) < 4.78 is 72.8. The number of hydrogen-bond acceptors (Lipinski definition) is 8. The van der Waals surface area contributed by atoms with E-state index in [0.717, 1.165) is 75.7 Å². The van der Waals surface area contributed by atoms with Crippen LogP contribution in [0.15, 0.2) is 12.2 Å². The van der Waals surface area contributed by atoms with Crippen LogP contribution in [-0.2, 0) is 29.8 Å². The summed E-state index contributed by atoms with van der Waals surface area (Å²) in [5, 5.41) is 0. The molecule has 38 heavy (non-hydrogen) atoms. The number of carbonyl (C=O) groups excluding carboxylic acids is 1. The predicted octanol–water partition coefficient (Wildman–Crippen LogP) is 2.76. The summed E-state index contributed by atoms with van der Waals surface area (Å²) in [6, 6.07) is 0. The standard InChI is InChI=1S/C26H50N2O8S2/c1-25(2)26(29)36-22-12-10-8-6-4-5-7-9-11-16-28(17-14-24-38(33,34)35)20-18-27(3,19-21-28)15-13-23-37(30,31)32/h1,4-24H2,2-3H3. The molecule has 1 saturated heterocycles. The molecule has 0 saturated carbocycles. The number of ether oxygens (including phenoxy) is 1. The summed E-state index contributed by atoms with van der Waals surface area (Å²) in [5.74, 6) is -1.00. The maximum atomic E-state index is 11.3. The number of rotatable bonds is 21. The van der Waals surface area contributed by atoms with Crippen molar-refractivity contribution in [3.63, 3.8) is 0 Å². The second-order valence-electron chi connectivity index (χ2n) is 11.4. The number of nitrogens with zero attached hydrogens (tertiary/aromatic N) is 2. The van der Waals surface area contributed by atoms with E-state index in [1.807, 2.05) is 0 Å². The summed E-state index contributed by atoms with van der Waals surface area (Å²) in [6.45, 7) is 11.3. The normalized spacial score (nSPS) is 22.3. The van der Waals surface area contributed by atoms with Crippen LogP contribution >= 0.6 is 0 Å². The van der Waals surface area contributed by atoms with E-state index in [-0.39, 0.29) is 17.5 Å². The van der Waals surface area contributed by atoms with E-state index in [1.54, 1.807) is 6.92 Å². The molecule has 1 aliphatic heterocycles. The Morgan fingerprint density at radius 3 is 1.61 bits per heavy atom. The summed E-state index contributed by atoms with van der Waals surface area (Å²) in [6.07, 6.45) is 10.6. The minimum Gasteiger partial charge on any atom is -0.748 e. The lowest BCUT2D eigenvalue weighted by Crippen LogP contribution is -2.66. The van der Waals surface area contributed by atoms with E-state index in [1.165, 1.54) is 19.3 Å². The molecule has 1 fully saturated rings. The Bertz CT molecular complexity index is 927. The molecular formula is C26H50N2O8S2. The average molecular weight is 583 g/mol. The van der Waals surface area contributed by atoms with Crippen LogP contribution in [0.1, 0.15) is 77.6 Å². The summed E-state index contributed by atoms with van der Waals surface area (Å²) in [7, 11) is -6.35. The summed E-state index contributed by atoms with van der Waals surface area (Å²) >= 11 is 0. The SMILES string of the molecule is C=C(C)C(=O)OCCCCCCCCCCC[N+]1(CCCS(=O)(=O)[O-])CC[N+](C)(CCCS(=O)(=O)[O-])CC1. The molecule has 224 valence electrons. The van der Waals surface area contributed by atoms with Gasteiger partial charge in [-0.15, -0.1) is 0 Å². The van der Waals surface area contributed by atoms with Crippen molar-refractivity contribution >= 4 is 26.2 Å². The summed E-state index contributed by atoms with van der Waals surface area (Å²) in [4.78, 5) is 11.3. The molecule has 0 atom stereocenters. The molecule has 1 heterocycles. The largest absolute Gasteiger partial charge is 0.748 e. The van der Waals surface area contributed by atoms with Crippen molar-refractivity contribution in [2.45, 2.75) is 77.6 Å². The third-order valence-electron chi connectivity index (χ3n) is 7.71. The first-order valence-corrected chi connectivity index (χ1v) is 17.2. The number of likely N-dealkylation sites (N-methyl/N-ethyl adjacent to an activating group) is 1. The number of quaternary nitrogens is 2. The lowest BCUT2D eigenvalue weighted by Gasteiger charge is -2.48. The Hall–Kier alpha value is -1.05. The number of piperazine rings is 1. The topological polar surface area (TPSA) is 141 Å². The predicted molar refractivity (Wildman–Crippen MR) is 146 cm³/mol. The lowest BCUT2D eigenvalue weighted by molar-refractivity contribution is -1.02. The quantitative estimate of drug-likeness (QED) is 0.0661. The fourth-order valence-corrected chi connectivity index (χ4v) is 6.15. The molecule has 0 spiro atoms. The van der Waals surface area contributed by atoms with Crippen LogP contribution in [-0.4, -0.2) is 112 Å². The zero-order chi connectivity index (χ0) is 28.7. The monoisotopic (exact) mass is 582 g/mol. The van der Waals surface area contributed by atoms with Crippen LogP contribution in [0.5, 0.6) is 0 Å². The maximum absolute atomic E-state index is 11.3. The van der Waals surface area contributed by atoms with Crippen LogP contribution in [0, 0.1) is 0 Å². The first-order valence-electron chi connectivity index (χ1n) is 14.0. The van der Waals surface area contributed by atoms with Gasteiger partial charge in [0.25, 0.3) is 0 Å². The zero-order valence-corrected chi connectivity index (χ0v) is 25.2. The van der Waals surface area contributed by atoms with Crippen LogP contribution in [0.4, 0.5) is 0 Å². The molecule has 0 N–H and O–H groups in total. The van der Waals surface area contributed by atoms with Gasteiger partial charge in [0.05, 0.1) is 53.5 Å². The maximum Gasteiger partial charge on any atom is 0.333 e. The second-order valence-corrected chi connectivity index (χ2v) is 14.4. The van der Waals surface area contributed by atoms with Crippen molar-refractivity contribution in [1.82, 2.24) is 0 Å². The van der Waals surface area contributed by atoms with E-state index in [9.17, 15) is 30.7 Å². The van der Waals surface area contributed by atoms with Crippen molar-refractivity contribution < 1.29 is 44.4 Å². The highest BCUT2D eigenvalue weighted by atomic mass is 32.2. The highest BCUT2D eigenvalue weighted by molar-refractivity contribution is 7.85. The molecule has 12 heteroatoms. The highest BCUT2D eigenvalue weighted by Crippen LogP contribution is 2.22. The molecule has 0 aromatic rings. The van der Waals surface area contributed by atoms with Gasteiger partial charge < -0.3 is 22.8 Å². The van der Waals surface area contributed by atoms with Crippen molar-refractivity contribution in [1.29, 1.82) is 0 Å². The molecule has 0 aromatic heterocycles. The Kier molecular flexibility index (Phi) is 15.6. The molecule has 0 bridgehead atoms. The van der Waals surface area contributed by atoms with Crippen LogP contribution in [0.25, 0.3) is 0 Å². The van der Waals surface area contributed by atoms with Gasteiger partial charge in [0, 0.05) is 29.9 Å². The molecule has 0 amide bonds. The van der Waals surface area contributed by atoms with Gasteiger partial charge in [0.2, 0.25) is 0 Å². The molecule has 1 rings (SSSR count). The van der Waals surface area contributed by atoms with Crippen molar-refractivity contribution in [3.8, 4) is 0 Å². The van der Waals surface area contributed by atoms with Crippen LogP contribution in [0.3, 0.4) is 0 Å². The molecular weight excluding hydrogens is 532 g/mol. The molecule has 0 aliphatic carbocycles. The number of unbranched alkanes of at least 4 members (excludes halogenated alkanes) is 8. The molecule has 0 unspecified atom stereocenters. The van der Waals surface area contributed by atoms with E-state index >= 15 is 0 Å². The first kappa shape index (κ1) is 35.0. The highest BCUT2D eigenvalue weighted by Gasteiger charge is 2.39. The first-order chi connectivity index (χ1) is 17.7. The van der Waals surface area contributed by atoms with Gasteiger partial charge in [-0.2, -0.15) is 0 Å². The minimum atomic E-state index is -4.23. The third kappa shape index (κ3) is 16.8. The fourth-order valence-electron chi connectivity index (χ4n) is 5.19. The Morgan fingerprint density at radius 1 is 0.711 bits per heavy atom. The lowest BCUT2D eigenvalue weighted by atomic mass is 10.1.